The lowest BCUT2D eigenvalue weighted by Gasteiger charge is -2.22. The third-order valence-electron chi connectivity index (χ3n) is 2.25. The van der Waals surface area contributed by atoms with Crippen LogP contribution in [0, 0.1) is 0 Å². The normalized spacial score (nSPS) is 10.2. The molecule has 0 aromatic heterocycles. The zero-order chi connectivity index (χ0) is 12.1. The van der Waals surface area contributed by atoms with Crippen LogP contribution >= 0.6 is 23.2 Å². The fourth-order valence-corrected chi connectivity index (χ4v) is 1.67. The topological polar surface area (TPSA) is 40.5 Å². The van der Waals surface area contributed by atoms with Gasteiger partial charge in [-0.1, -0.05) is 23.2 Å². The first-order valence-electron chi connectivity index (χ1n) is 4.96. The number of hydrogen-bond acceptors (Lipinski definition) is 2. The Morgan fingerprint density at radius 3 is 2.56 bits per heavy atom. The second kappa shape index (κ2) is 5.97. The summed E-state index contributed by atoms with van der Waals surface area (Å²) < 4.78 is 0. The second-order valence-corrected chi connectivity index (χ2v) is 4.14. The van der Waals surface area contributed by atoms with Crippen LogP contribution in [0.2, 0.25) is 10.0 Å². The summed E-state index contributed by atoms with van der Waals surface area (Å²) in [5.41, 5.74) is 0.887. The minimum absolute atomic E-state index is 0.105. The quantitative estimate of drug-likeness (QED) is 0.885. The van der Waals surface area contributed by atoms with E-state index in [4.69, 9.17) is 28.3 Å². The zero-order valence-corrected chi connectivity index (χ0v) is 10.4. The van der Waals surface area contributed by atoms with Crippen molar-refractivity contribution in [2.45, 2.75) is 13.3 Å². The molecule has 0 bridgehead atoms. The Morgan fingerprint density at radius 1 is 1.38 bits per heavy atom. The summed E-state index contributed by atoms with van der Waals surface area (Å²) in [5, 5.41) is 9.61. The van der Waals surface area contributed by atoms with Gasteiger partial charge < -0.3 is 10.0 Å². The fraction of sp³-hybridized carbons (Fsp3) is 0.364. The summed E-state index contributed by atoms with van der Waals surface area (Å²) in [7, 11) is 0. The minimum Gasteiger partial charge on any atom is -0.481 e. The largest absolute Gasteiger partial charge is 0.481 e. The monoisotopic (exact) mass is 261 g/mol. The maximum absolute atomic E-state index is 10.5. The van der Waals surface area contributed by atoms with Crippen LogP contribution in [0.3, 0.4) is 0 Å². The number of hydrogen-bond donors (Lipinski definition) is 1. The van der Waals surface area contributed by atoms with E-state index in [1.54, 1.807) is 12.1 Å². The number of rotatable bonds is 5. The summed E-state index contributed by atoms with van der Waals surface area (Å²) in [4.78, 5) is 12.4. The molecule has 16 heavy (non-hydrogen) atoms. The maximum Gasteiger partial charge on any atom is 0.305 e. The van der Waals surface area contributed by atoms with Crippen LogP contribution in [0.5, 0.6) is 0 Å². The molecule has 1 N–H and O–H groups in total. The van der Waals surface area contributed by atoms with Crippen LogP contribution in [-0.2, 0) is 4.79 Å². The first kappa shape index (κ1) is 13.1. The predicted molar refractivity (Wildman–Crippen MR) is 66.6 cm³/mol. The molecule has 0 aliphatic heterocycles. The molecule has 0 fully saturated rings. The van der Waals surface area contributed by atoms with Gasteiger partial charge in [-0.25, -0.2) is 0 Å². The van der Waals surface area contributed by atoms with Crippen LogP contribution in [0.25, 0.3) is 0 Å². The van der Waals surface area contributed by atoms with E-state index in [-0.39, 0.29) is 6.42 Å². The SMILES string of the molecule is CCN(CCC(=O)O)c1ccc(Cl)c(Cl)c1. The van der Waals surface area contributed by atoms with Gasteiger partial charge in [-0.2, -0.15) is 0 Å². The number of halogens is 2. The number of aliphatic carboxylic acids is 1. The van der Waals surface area contributed by atoms with Crippen molar-refractivity contribution in [3.8, 4) is 0 Å². The van der Waals surface area contributed by atoms with Gasteiger partial charge in [-0.05, 0) is 25.1 Å². The molecule has 88 valence electrons. The molecule has 0 spiro atoms. The molecule has 5 heteroatoms. The molecule has 0 atom stereocenters. The van der Waals surface area contributed by atoms with Crippen molar-refractivity contribution in [2.75, 3.05) is 18.0 Å². The Bertz CT molecular complexity index is 382. The highest BCUT2D eigenvalue weighted by molar-refractivity contribution is 6.42. The van der Waals surface area contributed by atoms with Crippen molar-refractivity contribution >= 4 is 34.9 Å². The molecule has 1 rings (SSSR count). The Hall–Kier alpha value is -0.930. The van der Waals surface area contributed by atoms with E-state index in [1.807, 2.05) is 17.9 Å². The third kappa shape index (κ3) is 3.58. The molecule has 3 nitrogen and oxygen atoms in total. The lowest BCUT2D eigenvalue weighted by Crippen LogP contribution is -2.25. The van der Waals surface area contributed by atoms with E-state index in [9.17, 15) is 4.79 Å². The first-order chi connectivity index (χ1) is 7.54. The van der Waals surface area contributed by atoms with E-state index in [0.29, 0.717) is 16.6 Å². The van der Waals surface area contributed by atoms with Crippen molar-refractivity contribution in [1.29, 1.82) is 0 Å². The van der Waals surface area contributed by atoms with Crippen molar-refractivity contribution in [2.24, 2.45) is 0 Å². The molecule has 1 aromatic rings. The highest BCUT2D eigenvalue weighted by atomic mass is 35.5. The standard InChI is InChI=1S/C11H13Cl2NO2/c1-2-14(6-5-11(15)16)8-3-4-9(12)10(13)7-8/h3-4,7H,2,5-6H2,1H3,(H,15,16). The Labute approximate surface area is 105 Å². The summed E-state index contributed by atoms with van der Waals surface area (Å²) >= 11 is 11.7. The van der Waals surface area contributed by atoms with Crippen LogP contribution in [-0.4, -0.2) is 24.2 Å². The van der Waals surface area contributed by atoms with Gasteiger partial charge >= 0.3 is 5.97 Å². The van der Waals surface area contributed by atoms with Gasteiger partial charge in [0, 0.05) is 18.8 Å². The average Bonchev–Trinajstić information content (AvgIpc) is 2.23. The highest BCUT2D eigenvalue weighted by Gasteiger charge is 2.08. The summed E-state index contributed by atoms with van der Waals surface area (Å²) in [5.74, 6) is -0.807. The van der Waals surface area contributed by atoms with Gasteiger partial charge in [0.2, 0.25) is 0 Å². The van der Waals surface area contributed by atoms with Crippen molar-refractivity contribution < 1.29 is 9.90 Å². The molecule has 0 saturated heterocycles. The van der Waals surface area contributed by atoms with E-state index in [0.717, 1.165) is 12.2 Å². The lowest BCUT2D eigenvalue weighted by atomic mass is 10.2. The van der Waals surface area contributed by atoms with E-state index >= 15 is 0 Å². The predicted octanol–water partition coefficient (Wildman–Crippen LogP) is 3.29. The molecule has 0 radical (unpaired) electrons. The number of benzene rings is 1. The van der Waals surface area contributed by atoms with Crippen LogP contribution in [0.15, 0.2) is 18.2 Å². The van der Waals surface area contributed by atoms with Crippen LogP contribution in [0.4, 0.5) is 5.69 Å². The maximum atomic E-state index is 10.5. The van der Waals surface area contributed by atoms with Gasteiger partial charge in [0.15, 0.2) is 0 Å². The van der Waals surface area contributed by atoms with Gasteiger partial charge in [-0.15, -0.1) is 0 Å². The van der Waals surface area contributed by atoms with Gasteiger partial charge in [-0.3, -0.25) is 4.79 Å². The third-order valence-corrected chi connectivity index (χ3v) is 2.98. The van der Waals surface area contributed by atoms with Gasteiger partial charge in [0.05, 0.1) is 16.5 Å². The number of anilines is 1. The number of nitrogens with zero attached hydrogens (tertiary/aromatic N) is 1. The zero-order valence-electron chi connectivity index (χ0n) is 8.91. The lowest BCUT2D eigenvalue weighted by molar-refractivity contribution is -0.136. The van der Waals surface area contributed by atoms with E-state index in [2.05, 4.69) is 0 Å². The highest BCUT2D eigenvalue weighted by Crippen LogP contribution is 2.27. The summed E-state index contributed by atoms with van der Waals surface area (Å²) in [6, 6.07) is 5.29. The number of carbonyl (C=O) groups is 1. The Balaban J connectivity index is 2.78. The first-order valence-corrected chi connectivity index (χ1v) is 5.72. The van der Waals surface area contributed by atoms with E-state index < -0.39 is 5.97 Å². The molecule has 0 unspecified atom stereocenters. The Morgan fingerprint density at radius 2 is 2.06 bits per heavy atom. The molecule has 0 aliphatic carbocycles. The fourth-order valence-electron chi connectivity index (χ4n) is 1.38. The molecule has 1 aromatic carbocycles. The van der Waals surface area contributed by atoms with Crippen molar-refractivity contribution in [1.82, 2.24) is 0 Å². The average molecular weight is 262 g/mol. The van der Waals surface area contributed by atoms with Gasteiger partial charge in [0.25, 0.3) is 0 Å². The summed E-state index contributed by atoms with van der Waals surface area (Å²) in [6.07, 6.45) is 0.105. The molecular formula is C11H13Cl2NO2. The minimum atomic E-state index is -0.807. The molecule has 0 heterocycles. The molecule has 0 aliphatic rings. The number of carboxylic acid groups (broad SMARTS) is 1. The van der Waals surface area contributed by atoms with Gasteiger partial charge in [0.1, 0.15) is 0 Å². The molecular weight excluding hydrogens is 249 g/mol. The van der Waals surface area contributed by atoms with Crippen molar-refractivity contribution in [3.63, 3.8) is 0 Å². The smallest absolute Gasteiger partial charge is 0.305 e. The molecule has 0 saturated carbocycles. The second-order valence-electron chi connectivity index (χ2n) is 3.32. The molecule has 0 amide bonds. The van der Waals surface area contributed by atoms with Crippen LogP contribution in [0.1, 0.15) is 13.3 Å². The summed E-state index contributed by atoms with van der Waals surface area (Å²) in [6.45, 7) is 3.15. The Kier molecular flexibility index (Phi) is 4.90. The van der Waals surface area contributed by atoms with Crippen LogP contribution < -0.4 is 4.90 Å². The van der Waals surface area contributed by atoms with Crippen molar-refractivity contribution in [3.05, 3.63) is 28.2 Å². The van der Waals surface area contributed by atoms with E-state index in [1.165, 1.54) is 0 Å². The number of carboxylic acids is 1.